The van der Waals surface area contributed by atoms with Gasteiger partial charge in [-0.05, 0) is 28.6 Å². The summed E-state index contributed by atoms with van der Waals surface area (Å²) in [6.45, 7) is 2.84. The first-order chi connectivity index (χ1) is 13.3. The van der Waals surface area contributed by atoms with Gasteiger partial charge in [0.25, 0.3) is 0 Å². The van der Waals surface area contributed by atoms with Crippen molar-refractivity contribution in [1.29, 1.82) is 0 Å². The molecule has 1 saturated heterocycles. The van der Waals surface area contributed by atoms with Gasteiger partial charge in [-0.25, -0.2) is 9.97 Å². The second-order valence-corrected chi connectivity index (χ2v) is 7.24. The summed E-state index contributed by atoms with van der Waals surface area (Å²) in [6.07, 6.45) is 3.83. The van der Waals surface area contributed by atoms with Gasteiger partial charge in [0.2, 0.25) is 5.95 Å². The van der Waals surface area contributed by atoms with E-state index in [0.717, 1.165) is 42.4 Å². The van der Waals surface area contributed by atoms with Crippen molar-refractivity contribution < 1.29 is 0 Å². The summed E-state index contributed by atoms with van der Waals surface area (Å²) in [5.41, 5.74) is 5.02. The van der Waals surface area contributed by atoms with Crippen molar-refractivity contribution in [2.75, 3.05) is 24.5 Å². The maximum atomic E-state index is 4.96. The maximum Gasteiger partial charge on any atom is 0.228 e. The first-order valence-corrected chi connectivity index (χ1v) is 9.23. The molecule has 27 heavy (non-hydrogen) atoms. The number of benzene rings is 2. The Morgan fingerprint density at radius 3 is 2.89 bits per heavy atom. The van der Waals surface area contributed by atoms with Gasteiger partial charge < -0.3 is 15.2 Å². The molecule has 2 aromatic heterocycles. The Morgan fingerprint density at radius 1 is 1.04 bits per heavy atom. The minimum atomic E-state index is 0.563. The van der Waals surface area contributed by atoms with E-state index in [1.165, 1.54) is 16.3 Å². The summed E-state index contributed by atoms with van der Waals surface area (Å²) in [7, 11) is 0. The fourth-order valence-electron chi connectivity index (χ4n) is 4.15. The quantitative estimate of drug-likeness (QED) is 0.579. The lowest BCUT2D eigenvalue weighted by molar-refractivity contribution is 0.673. The number of nitrogens with one attached hydrogen (secondary N) is 2. The Kier molecular flexibility index (Phi) is 3.02. The van der Waals surface area contributed by atoms with Crippen LogP contribution in [0.1, 0.15) is 0 Å². The molecule has 0 bridgehead atoms. The molecule has 6 rings (SSSR count). The number of aromatic amines is 1. The van der Waals surface area contributed by atoms with Gasteiger partial charge in [-0.2, -0.15) is 4.98 Å². The number of anilines is 1. The number of fused-ring (bicyclic) bond motifs is 3. The summed E-state index contributed by atoms with van der Waals surface area (Å²) in [5, 5.41) is 5.76. The van der Waals surface area contributed by atoms with Gasteiger partial charge in [0.1, 0.15) is 11.2 Å². The highest BCUT2D eigenvalue weighted by atomic mass is 15.3. The molecule has 4 heterocycles. The predicted molar refractivity (Wildman–Crippen MR) is 106 cm³/mol. The zero-order valence-corrected chi connectivity index (χ0v) is 14.7. The minimum Gasteiger partial charge on any atom is -0.390 e. The van der Waals surface area contributed by atoms with Crippen LogP contribution in [-0.4, -0.2) is 39.6 Å². The van der Waals surface area contributed by atoms with Crippen LogP contribution in [0.3, 0.4) is 0 Å². The van der Waals surface area contributed by atoms with E-state index in [0.29, 0.717) is 11.6 Å². The lowest BCUT2D eigenvalue weighted by Gasteiger charge is -2.17. The molecular weight excluding hydrogens is 336 g/mol. The summed E-state index contributed by atoms with van der Waals surface area (Å²) in [4.78, 5) is 19.6. The Morgan fingerprint density at radius 2 is 1.96 bits per heavy atom. The number of hydrogen-bond donors (Lipinski definition) is 2. The normalized spacial score (nSPS) is 18.7. The highest BCUT2D eigenvalue weighted by Crippen LogP contribution is 2.32. The molecule has 1 unspecified atom stereocenters. The van der Waals surface area contributed by atoms with Crippen molar-refractivity contribution in [1.82, 2.24) is 25.3 Å². The van der Waals surface area contributed by atoms with Crippen LogP contribution in [-0.2, 0) is 0 Å². The van der Waals surface area contributed by atoms with Crippen LogP contribution in [0.5, 0.6) is 0 Å². The molecule has 0 radical (unpaired) electrons. The average Bonchev–Trinajstić information content (AvgIpc) is 3.42. The second kappa shape index (κ2) is 5.54. The molecule has 0 spiro atoms. The molecule has 1 atom stereocenters. The van der Waals surface area contributed by atoms with E-state index < -0.39 is 0 Å². The van der Waals surface area contributed by atoms with Crippen molar-refractivity contribution in [3.63, 3.8) is 0 Å². The molecule has 2 aliphatic heterocycles. The molecule has 0 saturated carbocycles. The van der Waals surface area contributed by atoms with Crippen LogP contribution < -0.4 is 10.2 Å². The van der Waals surface area contributed by atoms with E-state index in [4.69, 9.17) is 9.97 Å². The summed E-state index contributed by atoms with van der Waals surface area (Å²) >= 11 is 0. The molecule has 132 valence electrons. The van der Waals surface area contributed by atoms with Crippen molar-refractivity contribution in [3.05, 3.63) is 60.6 Å². The number of nitrogens with zero attached hydrogens (tertiary/aromatic N) is 4. The van der Waals surface area contributed by atoms with Crippen LogP contribution in [0.25, 0.3) is 33.2 Å². The monoisotopic (exact) mass is 354 g/mol. The average molecular weight is 354 g/mol. The first kappa shape index (κ1) is 14.7. The third-order valence-electron chi connectivity index (χ3n) is 5.57. The van der Waals surface area contributed by atoms with Crippen LogP contribution in [0.4, 0.5) is 5.95 Å². The number of imidazole rings is 1. The van der Waals surface area contributed by atoms with Gasteiger partial charge in [0.05, 0.1) is 6.33 Å². The molecule has 0 aliphatic carbocycles. The smallest absolute Gasteiger partial charge is 0.228 e. The van der Waals surface area contributed by atoms with Crippen molar-refractivity contribution in [2.24, 2.45) is 5.92 Å². The van der Waals surface area contributed by atoms with Crippen LogP contribution >= 0.6 is 0 Å². The van der Waals surface area contributed by atoms with Gasteiger partial charge >= 0.3 is 0 Å². The number of H-pyrrole nitrogens is 1. The van der Waals surface area contributed by atoms with E-state index in [1.54, 1.807) is 6.33 Å². The van der Waals surface area contributed by atoms with Crippen LogP contribution in [0, 0.1) is 5.92 Å². The van der Waals surface area contributed by atoms with Crippen LogP contribution in [0.2, 0.25) is 0 Å². The van der Waals surface area contributed by atoms with Gasteiger partial charge in [-0.1, -0.05) is 36.4 Å². The zero-order chi connectivity index (χ0) is 17.8. The summed E-state index contributed by atoms with van der Waals surface area (Å²) in [6, 6.07) is 14.8. The van der Waals surface area contributed by atoms with E-state index in [1.807, 2.05) is 0 Å². The fourth-order valence-corrected chi connectivity index (χ4v) is 4.15. The molecule has 4 aromatic rings. The number of rotatable bonds is 2. The highest BCUT2D eigenvalue weighted by Gasteiger charge is 2.32. The summed E-state index contributed by atoms with van der Waals surface area (Å²) in [5.74, 6) is 1.32. The molecule has 0 amide bonds. The lowest BCUT2D eigenvalue weighted by atomic mass is 10.0. The lowest BCUT2D eigenvalue weighted by Crippen LogP contribution is -2.25. The predicted octanol–water partition coefficient (Wildman–Crippen LogP) is 3.10. The van der Waals surface area contributed by atoms with Gasteiger partial charge in [0, 0.05) is 31.1 Å². The number of hydrogen-bond acceptors (Lipinski definition) is 5. The standard InChI is InChI=1S/C21H18N6/c1-2-4-14-7-15(6-5-13(14)3-1)18-19-20(24-12-23-19)26-21(25-18)27-10-16-8-22-9-17(16)11-27/h1-8,12,17,22H,9-11H2,(H,23,24,25,26). The van der Waals surface area contributed by atoms with Crippen LogP contribution in [0.15, 0.2) is 60.6 Å². The van der Waals surface area contributed by atoms with Crippen molar-refractivity contribution >= 4 is 27.9 Å². The second-order valence-electron chi connectivity index (χ2n) is 7.24. The molecule has 1 fully saturated rings. The van der Waals surface area contributed by atoms with E-state index >= 15 is 0 Å². The molecule has 2 N–H and O–H groups in total. The largest absolute Gasteiger partial charge is 0.390 e. The molecule has 2 aromatic carbocycles. The van der Waals surface area contributed by atoms with E-state index in [9.17, 15) is 0 Å². The Hall–Kier alpha value is -3.41. The topological polar surface area (TPSA) is 69.7 Å². The molecular formula is C21H18N6. The maximum absolute atomic E-state index is 4.96. The minimum absolute atomic E-state index is 0.563. The third-order valence-corrected chi connectivity index (χ3v) is 5.57. The Bertz CT molecular complexity index is 1210. The van der Waals surface area contributed by atoms with Gasteiger partial charge in [-0.15, -0.1) is 0 Å². The molecule has 2 aliphatic rings. The zero-order valence-electron chi connectivity index (χ0n) is 14.7. The third kappa shape index (κ3) is 2.30. The molecule has 6 heteroatoms. The first-order valence-electron chi connectivity index (χ1n) is 9.23. The number of aromatic nitrogens is 4. The van der Waals surface area contributed by atoms with Crippen molar-refractivity contribution in [2.45, 2.75) is 0 Å². The molecule has 6 nitrogen and oxygen atoms in total. The van der Waals surface area contributed by atoms with E-state index in [2.05, 4.69) is 68.8 Å². The summed E-state index contributed by atoms with van der Waals surface area (Å²) < 4.78 is 0. The SMILES string of the molecule is C1=C2CN(c3nc(-c4ccc5ccccc5c4)c4[nH]cnc4n3)CC2CN1. The Labute approximate surface area is 156 Å². The van der Waals surface area contributed by atoms with Crippen molar-refractivity contribution in [3.8, 4) is 11.3 Å². The fraction of sp³-hybridized carbons (Fsp3) is 0.190. The van der Waals surface area contributed by atoms with Gasteiger partial charge in [0.15, 0.2) is 5.65 Å². The van der Waals surface area contributed by atoms with E-state index in [-0.39, 0.29) is 0 Å². The Balaban J connectivity index is 1.50. The highest BCUT2D eigenvalue weighted by molar-refractivity contribution is 5.93. The van der Waals surface area contributed by atoms with Gasteiger partial charge in [-0.3, -0.25) is 0 Å².